The van der Waals surface area contributed by atoms with E-state index in [9.17, 15) is 5.11 Å². The van der Waals surface area contributed by atoms with Gasteiger partial charge in [0.05, 0.1) is 5.02 Å². The Hall–Kier alpha value is -3.20. The van der Waals surface area contributed by atoms with E-state index >= 15 is 4.39 Å². The third-order valence-electron chi connectivity index (χ3n) is 8.65. The first-order valence-corrected chi connectivity index (χ1v) is 14.1. The number of hydrogen-bond donors (Lipinski definition) is 2. The number of aromatic nitrogens is 2. The van der Waals surface area contributed by atoms with Crippen LogP contribution in [0, 0.1) is 5.82 Å². The maximum absolute atomic E-state index is 16.6. The van der Waals surface area contributed by atoms with Crippen LogP contribution in [-0.4, -0.2) is 71.4 Å². The van der Waals surface area contributed by atoms with Gasteiger partial charge in [0.25, 0.3) is 0 Å². The van der Waals surface area contributed by atoms with Crippen LogP contribution in [0.25, 0.3) is 32.8 Å². The molecule has 4 aliphatic heterocycles. The fourth-order valence-corrected chi connectivity index (χ4v) is 6.81. The number of benzene rings is 3. The number of aromatic hydroxyl groups is 1. The largest absolute Gasteiger partial charge is 0.508 e. The standard InChI is InChI=1S/C30H31ClFN5O2/c1-36-10-4-6-20(36)16-39-30-34-28-24(29(35-30)37-15-18-8-9-19(37)14-33-18)13-25(31)26(27(28)32)23-12-21(38)11-17-5-2-3-7-22(17)23/h2-3,5,7,11-13,18-20,33,38H,4,6,8-10,14-16H2,1H3/t18-,19-,20-/m0/s1. The van der Waals surface area contributed by atoms with E-state index < -0.39 is 5.82 Å². The van der Waals surface area contributed by atoms with Gasteiger partial charge < -0.3 is 25.0 Å². The summed E-state index contributed by atoms with van der Waals surface area (Å²) in [6.07, 6.45) is 4.35. The number of anilines is 1. The number of hydrogen-bond acceptors (Lipinski definition) is 7. The molecule has 0 saturated carbocycles. The van der Waals surface area contributed by atoms with Crippen molar-refractivity contribution in [2.45, 2.75) is 43.8 Å². The molecule has 4 aliphatic rings. The van der Waals surface area contributed by atoms with Crippen LogP contribution in [0.1, 0.15) is 25.7 Å². The SMILES string of the molecule is CN1CCC[C@H]1COc1nc(N2C[C@@H]3CC[C@H]2CN3)c2cc(Cl)c(-c3cc(O)cc4ccccc34)c(F)c2n1. The summed E-state index contributed by atoms with van der Waals surface area (Å²) in [5.74, 6) is 0.170. The summed E-state index contributed by atoms with van der Waals surface area (Å²) >= 11 is 6.84. The van der Waals surface area contributed by atoms with E-state index in [1.165, 1.54) is 0 Å². The van der Waals surface area contributed by atoms with Crippen LogP contribution in [0.5, 0.6) is 11.8 Å². The second-order valence-electron chi connectivity index (χ2n) is 11.1. The number of phenols is 1. The van der Waals surface area contributed by atoms with Crippen LogP contribution < -0.4 is 15.0 Å². The molecule has 3 aromatic carbocycles. The number of nitrogens with one attached hydrogen (secondary N) is 1. The van der Waals surface area contributed by atoms with Gasteiger partial charge in [-0.25, -0.2) is 4.39 Å². The Morgan fingerprint density at radius 3 is 2.74 bits per heavy atom. The topological polar surface area (TPSA) is 73.8 Å². The van der Waals surface area contributed by atoms with Crippen LogP contribution in [0.3, 0.4) is 0 Å². The quantitative estimate of drug-likeness (QED) is 0.348. The van der Waals surface area contributed by atoms with Gasteiger partial charge >= 0.3 is 6.01 Å². The summed E-state index contributed by atoms with van der Waals surface area (Å²) in [6.45, 7) is 3.15. The minimum absolute atomic E-state index is 0.0455. The summed E-state index contributed by atoms with van der Waals surface area (Å²) < 4.78 is 22.8. The first-order chi connectivity index (χ1) is 19.0. The minimum Gasteiger partial charge on any atom is -0.508 e. The molecule has 2 N–H and O–H groups in total. The first kappa shape index (κ1) is 24.8. The van der Waals surface area contributed by atoms with E-state index in [0.717, 1.165) is 56.1 Å². The highest BCUT2D eigenvalue weighted by Gasteiger charge is 2.36. The third-order valence-corrected chi connectivity index (χ3v) is 8.95. The Bertz CT molecular complexity index is 1570. The highest BCUT2D eigenvalue weighted by molar-refractivity contribution is 6.35. The van der Waals surface area contributed by atoms with Gasteiger partial charge in [-0.15, -0.1) is 0 Å². The van der Waals surface area contributed by atoms with Crippen LogP contribution in [-0.2, 0) is 0 Å². The van der Waals surface area contributed by atoms with Crippen molar-refractivity contribution < 1.29 is 14.2 Å². The van der Waals surface area contributed by atoms with E-state index in [0.29, 0.717) is 29.4 Å². The number of piperazine rings is 1. The molecule has 0 spiro atoms. The van der Waals surface area contributed by atoms with Crippen molar-refractivity contribution in [3.8, 4) is 22.9 Å². The molecule has 0 amide bonds. The van der Waals surface area contributed by atoms with Crippen molar-refractivity contribution >= 4 is 39.1 Å². The zero-order valence-corrected chi connectivity index (χ0v) is 22.6. The lowest BCUT2D eigenvalue weighted by atomic mass is 9.92. The molecule has 1 aromatic heterocycles. The molecule has 5 heterocycles. The molecule has 9 heteroatoms. The van der Waals surface area contributed by atoms with E-state index in [-0.39, 0.29) is 39.9 Å². The van der Waals surface area contributed by atoms with Gasteiger partial charge in [0.2, 0.25) is 0 Å². The summed E-state index contributed by atoms with van der Waals surface area (Å²) in [4.78, 5) is 14.0. The molecule has 0 radical (unpaired) electrons. The third kappa shape index (κ3) is 4.35. The Balaban J connectivity index is 1.40. The fraction of sp³-hybridized carbons (Fsp3) is 0.400. The lowest BCUT2D eigenvalue weighted by Gasteiger charge is -2.46. The predicted molar refractivity (Wildman–Crippen MR) is 152 cm³/mol. The van der Waals surface area contributed by atoms with Gasteiger partial charge in [-0.2, -0.15) is 9.97 Å². The van der Waals surface area contributed by atoms with Gasteiger partial charge in [-0.05, 0) is 73.8 Å². The molecule has 4 aromatic rings. The van der Waals surface area contributed by atoms with Crippen molar-refractivity contribution in [2.75, 3.05) is 38.2 Å². The number of ether oxygens (including phenoxy) is 1. The number of rotatable bonds is 5. The van der Waals surface area contributed by atoms with Crippen LogP contribution in [0.2, 0.25) is 5.02 Å². The summed E-state index contributed by atoms with van der Waals surface area (Å²) in [5.41, 5.74) is 0.909. The Labute approximate surface area is 231 Å². The lowest BCUT2D eigenvalue weighted by Crippen LogP contribution is -2.61. The Morgan fingerprint density at radius 1 is 1.13 bits per heavy atom. The monoisotopic (exact) mass is 547 g/mol. The maximum atomic E-state index is 16.6. The molecule has 4 fully saturated rings. The van der Waals surface area contributed by atoms with Crippen molar-refractivity contribution in [2.24, 2.45) is 0 Å². The number of phenolic OH excluding ortho intramolecular Hbond substituents is 1. The number of likely N-dealkylation sites (N-methyl/N-ethyl adjacent to an activating group) is 1. The number of fused-ring (bicyclic) bond motifs is 5. The summed E-state index contributed by atoms with van der Waals surface area (Å²) in [5, 5.41) is 16.5. The molecule has 0 unspecified atom stereocenters. The number of piperidine rings is 2. The molecule has 4 saturated heterocycles. The number of likely N-dealkylation sites (tertiary alicyclic amines) is 1. The molecular weight excluding hydrogens is 517 g/mol. The van der Waals surface area contributed by atoms with Crippen molar-refractivity contribution in [1.29, 1.82) is 0 Å². The van der Waals surface area contributed by atoms with E-state index in [2.05, 4.69) is 27.1 Å². The second kappa shape index (κ2) is 9.77. The van der Waals surface area contributed by atoms with Crippen molar-refractivity contribution in [1.82, 2.24) is 20.2 Å². The van der Waals surface area contributed by atoms with Crippen molar-refractivity contribution in [3.63, 3.8) is 0 Å². The highest BCUT2D eigenvalue weighted by atomic mass is 35.5. The summed E-state index contributed by atoms with van der Waals surface area (Å²) in [6, 6.07) is 13.7. The van der Waals surface area contributed by atoms with Crippen LogP contribution in [0.4, 0.5) is 10.2 Å². The number of nitrogens with zero attached hydrogens (tertiary/aromatic N) is 4. The smallest absolute Gasteiger partial charge is 0.319 e. The van der Waals surface area contributed by atoms with Gasteiger partial charge in [-0.1, -0.05) is 35.9 Å². The zero-order chi connectivity index (χ0) is 26.7. The molecule has 39 heavy (non-hydrogen) atoms. The average Bonchev–Trinajstić information content (AvgIpc) is 3.36. The van der Waals surface area contributed by atoms with Gasteiger partial charge in [0, 0.05) is 42.2 Å². The predicted octanol–water partition coefficient (Wildman–Crippen LogP) is 5.36. The molecule has 0 aliphatic carbocycles. The van der Waals surface area contributed by atoms with Gasteiger partial charge in [-0.3, -0.25) is 0 Å². The highest BCUT2D eigenvalue weighted by Crippen LogP contribution is 2.43. The van der Waals surface area contributed by atoms with Gasteiger partial charge in [0.15, 0.2) is 5.82 Å². The van der Waals surface area contributed by atoms with Crippen LogP contribution in [0.15, 0.2) is 42.5 Å². The first-order valence-electron chi connectivity index (χ1n) is 13.7. The second-order valence-corrected chi connectivity index (χ2v) is 11.5. The molecule has 7 nitrogen and oxygen atoms in total. The zero-order valence-electron chi connectivity index (χ0n) is 21.8. The van der Waals surface area contributed by atoms with E-state index in [1.807, 2.05) is 24.3 Å². The Kier molecular flexibility index (Phi) is 6.21. The van der Waals surface area contributed by atoms with E-state index in [4.69, 9.17) is 21.3 Å². The fourth-order valence-electron chi connectivity index (χ4n) is 6.52. The lowest BCUT2D eigenvalue weighted by molar-refractivity contribution is 0.188. The normalized spacial score (nSPS) is 23.3. The molecule has 8 rings (SSSR count). The minimum atomic E-state index is -0.542. The number of halogens is 2. The summed E-state index contributed by atoms with van der Waals surface area (Å²) in [7, 11) is 2.10. The molecule has 2 bridgehead atoms. The van der Waals surface area contributed by atoms with E-state index in [1.54, 1.807) is 18.2 Å². The molecular formula is C30H31ClFN5O2. The molecule has 202 valence electrons. The van der Waals surface area contributed by atoms with Crippen molar-refractivity contribution in [3.05, 3.63) is 53.3 Å². The molecule has 3 atom stereocenters. The Morgan fingerprint density at radius 2 is 2.00 bits per heavy atom. The van der Waals surface area contributed by atoms with Gasteiger partial charge in [0.1, 0.15) is 23.7 Å². The maximum Gasteiger partial charge on any atom is 0.319 e. The average molecular weight is 548 g/mol. The van der Waals surface area contributed by atoms with Crippen LogP contribution >= 0.6 is 11.6 Å².